The fraction of sp³-hybridized carbons (Fsp3) is 0.400. The minimum absolute atomic E-state index is 0.0303. The number of piperidine rings is 1. The van der Waals surface area contributed by atoms with Crippen molar-refractivity contribution in [1.29, 1.82) is 0 Å². The minimum Gasteiger partial charge on any atom is -0.473 e. The zero-order chi connectivity index (χ0) is 17.6. The van der Waals surface area contributed by atoms with Crippen molar-refractivity contribution in [3.05, 3.63) is 59.8 Å². The number of ether oxygens (including phenoxy) is 1. The van der Waals surface area contributed by atoms with Crippen molar-refractivity contribution in [3.63, 3.8) is 0 Å². The summed E-state index contributed by atoms with van der Waals surface area (Å²) in [6.45, 7) is 3.53. The molecule has 2 heterocycles. The molecular formula is C20H24N2O3. The second kappa shape index (κ2) is 8.12. The molecule has 25 heavy (non-hydrogen) atoms. The lowest BCUT2D eigenvalue weighted by atomic mass is 9.93. The maximum Gasteiger partial charge on any atom is 0.254 e. The summed E-state index contributed by atoms with van der Waals surface area (Å²) in [4.78, 5) is 18.8. The predicted molar refractivity (Wildman–Crippen MR) is 95.3 cm³/mol. The Labute approximate surface area is 148 Å². The Morgan fingerprint density at radius 1 is 1.36 bits per heavy atom. The number of amides is 1. The Bertz CT molecular complexity index is 703. The lowest BCUT2D eigenvalue weighted by Crippen LogP contribution is -2.42. The van der Waals surface area contributed by atoms with Gasteiger partial charge in [-0.05, 0) is 31.4 Å². The van der Waals surface area contributed by atoms with Crippen LogP contribution in [0, 0.1) is 5.92 Å². The largest absolute Gasteiger partial charge is 0.473 e. The quantitative estimate of drug-likeness (QED) is 0.909. The van der Waals surface area contributed by atoms with E-state index in [2.05, 4.69) is 4.98 Å². The highest BCUT2D eigenvalue weighted by Crippen LogP contribution is 2.22. The molecule has 0 radical (unpaired) electrons. The number of hydrogen-bond acceptors (Lipinski definition) is 4. The van der Waals surface area contributed by atoms with Crippen molar-refractivity contribution in [2.45, 2.75) is 32.5 Å². The van der Waals surface area contributed by atoms with Gasteiger partial charge in [0.2, 0.25) is 5.88 Å². The third kappa shape index (κ3) is 4.57. The Morgan fingerprint density at radius 2 is 2.16 bits per heavy atom. The molecule has 0 aliphatic carbocycles. The maximum atomic E-state index is 12.8. The van der Waals surface area contributed by atoms with Crippen LogP contribution >= 0.6 is 0 Å². The van der Waals surface area contributed by atoms with Gasteiger partial charge in [-0.15, -0.1) is 0 Å². The van der Waals surface area contributed by atoms with Gasteiger partial charge in [0.15, 0.2) is 0 Å². The van der Waals surface area contributed by atoms with Gasteiger partial charge >= 0.3 is 0 Å². The summed E-state index contributed by atoms with van der Waals surface area (Å²) in [7, 11) is 0. The average molecular weight is 340 g/mol. The highest BCUT2D eigenvalue weighted by Gasteiger charge is 2.27. The molecule has 1 aliphatic heterocycles. The van der Waals surface area contributed by atoms with Gasteiger partial charge in [0.1, 0.15) is 6.61 Å². The van der Waals surface area contributed by atoms with E-state index in [0.717, 1.165) is 24.9 Å². The van der Waals surface area contributed by atoms with E-state index in [0.29, 0.717) is 24.6 Å². The number of aliphatic hydroxyl groups excluding tert-OH is 1. The molecule has 1 amide bonds. The monoisotopic (exact) mass is 340 g/mol. The average Bonchev–Trinajstić information content (AvgIpc) is 2.67. The summed E-state index contributed by atoms with van der Waals surface area (Å²) in [6.07, 6.45) is 3.09. The molecule has 132 valence electrons. The van der Waals surface area contributed by atoms with Crippen LogP contribution in [0.1, 0.15) is 35.7 Å². The van der Waals surface area contributed by atoms with E-state index < -0.39 is 6.10 Å². The fourth-order valence-corrected chi connectivity index (χ4v) is 3.12. The smallest absolute Gasteiger partial charge is 0.254 e. The number of benzene rings is 1. The molecule has 1 aromatic heterocycles. The van der Waals surface area contributed by atoms with E-state index in [-0.39, 0.29) is 11.8 Å². The normalized spacial score (nSPS) is 18.6. The molecule has 2 aromatic rings. The van der Waals surface area contributed by atoms with Crippen LogP contribution in [-0.2, 0) is 6.61 Å². The van der Waals surface area contributed by atoms with Gasteiger partial charge < -0.3 is 14.7 Å². The van der Waals surface area contributed by atoms with Crippen LogP contribution in [0.3, 0.4) is 0 Å². The summed E-state index contributed by atoms with van der Waals surface area (Å²) in [5.41, 5.74) is 1.63. The van der Waals surface area contributed by atoms with Crippen LogP contribution in [0.25, 0.3) is 0 Å². The number of aliphatic hydroxyl groups is 1. The van der Waals surface area contributed by atoms with E-state index in [1.165, 1.54) is 0 Å². The highest BCUT2D eigenvalue weighted by atomic mass is 16.5. The first kappa shape index (κ1) is 17.4. The van der Waals surface area contributed by atoms with Crippen molar-refractivity contribution in [2.24, 2.45) is 5.92 Å². The number of pyridine rings is 1. The summed E-state index contributed by atoms with van der Waals surface area (Å²) < 4.78 is 5.71. The third-order valence-electron chi connectivity index (χ3n) is 4.64. The summed E-state index contributed by atoms with van der Waals surface area (Å²) >= 11 is 0. The second-order valence-corrected chi connectivity index (χ2v) is 6.55. The Morgan fingerprint density at radius 3 is 2.92 bits per heavy atom. The SMILES string of the molecule is CC(O)C1CCCN(C(=O)c2ccnc(OCc3ccccc3)c2)C1. The fourth-order valence-electron chi connectivity index (χ4n) is 3.12. The second-order valence-electron chi connectivity index (χ2n) is 6.55. The number of hydrogen-bond donors (Lipinski definition) is 1. The van der Waals surface area contributed by atoms with Crippen LogP contribution in [0.5, 0.6) is 5.88 Å². The van der Waals surface area contributed by atoms with Crippen LogP contribution < -0.4 is 4.74 Å². The maximum absolute atomic E-state index is 12.8. The van der Waals surface area contributed by atoms with E-state index in [9.17, 15) is 9.90 Å². The first-order chi connectivity index (χ1) is 12.1. The molecule has 0 spiro atoms. The molecule has 1 fully saturated rings. The standard InChI is InChI=1S/C20H24N2O3/c1-15(23)18-8-5-11-22(13-18)20(24)17-9-10-21-19(12-17)25-14-16-6-3-2-4-7-16/h2-4,6-7,9-10,12,15,18,23H,5,8,11,13-14H2,1H3. The molecule has 1 saturated heterocycles. The van der Waals surface area contributed by atoms with Crippen molar-refractivity contribution >= 4 is 5.91 Å². The Hall–Kier alpha value is -2.40. The van der Waals surface area contributed by atoms with Crippen molar-refractivity contribution in [1.82, 2.24) is 9.88 Å². The predicted octanol–water partition coefficient (Wildman–Crippen LogP) is 2.89. The number of rotatable bonds is 5. The molecule has 1 N–H and O–H groups in total. The molecular weight excluding hydrogens is 316 g/mol. The highest BCUT2D eigenvalue weighted by molar-refractivity contribution is 5.94. The molecule has 5 heteroatoms. The number of nitrogens with zero attached hydrogens (tertiary/aromatic N) is 2. The summed E-state index contributed by atoms with van der Waals surface area (Å²) in [5, 5.41) is 9.80. The van der Waals surface area contributed by atoms with E-state index in [4.69, 9.17) is 4.74 Å². The minimum atomic E-state index is -0.391. The first-order valence-corrected chi connectivity index (χ1v) is 8.73. The van der Waals surface area contributed by atoms with Gasteiger partial charge in [-0.25, -0.2) is 4.98 Å². The molecule has 2 atom stereocenters. The van der Waals surface area contributed by atoms with Crippen molar-refractivity contribution in [3.8, 4) is 5.88 Å². The molecule has 2 unspecified atom stereocenters. The lowest BCUT2D eigenvalue weighted by Gasteiger charge is -2.34. The van der Waals surface area contributed by atoms with Crippen LogP contribution in [-0.4, -0.2) is 40.1 Å². The first-order valence-electron chi connectivity index (χ1n) is 8.73. The van der Waals surface area contributed by atoms with Gasteiger partial charge in [0.25, 0.3) is 5.91 Å². The molecule has 5 nitrogen and oxygen atoms in total. The zero-order valence-corrected chi connectivity index (χ0v) is 14.5. The van der Waals surface area contributed by atoms with E-state index in [1.54, 1.807) is 25.3 Å². The van der Waals surface area contributed by atoms with Crippen molar-refractivity contribution < 1.29 is 14.6 Å². The lowest BCUT2D eigenvalue weighted by molar-refractivity contribution is 0.0465. The van der Waals surface area contributed by atoms with Crippen LogP contribution in [0.2, 0.25) is 0 Å². The van der Waals surface area contributed by atoms with Crippen LogP contribution in [0.4, 0.5) is 0 Å². The Kier molecular flexibility index (Phi) is 5.66. The third-order valence-corrected chi connectivity index (χ3v) is 4.64. The Balaban J connectivity index is 1.65. The van der Waals surface area contributed by atoms with E-state index >= 15 is 0 Å². The topological polar surface area (TPSA) is 62.7 Å². The summed E-state index contributed by atoms with van der Waals surface area (Å²) in [5.74, 6) is 0.560. The number of likely N-dealkylation sites (tertiary alicyclic amines) is 1. The van der Waals surface area contributed by atoms with Gasteiger partial charge in [-0.1, -0.05) is 30.3 Å². The van der Waals surface area contributed by atoms with Crippen LogP contribution in [0.15, 0.2) is 48.7 Å². The molecule has 1 aliphatic rings. The number of carbonyl (C=O) groups excluding carboxylic acids is 1. The molecule has 3 rings (SSSR count). The molecule has 1 aromatic carbocycles. The van der Waals surface area contributed by atoms with E-state index in [1.807, 2.05) is 35.2 Å². The van der Waals surface area contributed by atoms with Gasteiger partial charge in [0, 0.05) is 36.8 Å². The zero-order valence-electron chi connectivity index (χ0n) is 14.5. The molecule has 0 bridgehead atoms. The van der Waals surface area contributed by atoms with Crippen molar-refractivity contribution in [2.75, 3.05) is 13.1 Å². The summed E-state index contributed by atoms with van der Waals surface area (Å²) in [6, 6.07) is 13.3. The van der Waals surface area contributed by atoms with Gasteiger partial charge in [-0.3, -0.25) is 4.79 Å². The van der Waals surface area contributed by atoms with Gasteiger partial charge in [-0.2, -0.15) is 0 Å². The van der Waals surface area contributed by atoms with Gasteiger partial charge in [0.05, 0.1) is 6.10 Å². The number of aromatic nitrogens is 1. The number of carbonyl (C=O) groups is 1. The molecule has 0 saturated carbocycles.